The quantitative estimate of drug-likeness (QED) is 0.823. The summed E-state index contributed by atoms with van der Waals surface area (Å²) in [5, 5.41) is 0. The Morgan fingerprint density at radius 1 is 1.37 bits per heavy atom. The molecular formula is C14H18FNO3. The predicted octanol–water partition coefficient (Wildman–Crippen LogP) is 2.08. The summed E-state index contributed by atoms with van der Waals surface area (Å²) in [6.45, 7) is 4.89. The molecule has 1 aromatic rings. The van der Waals surface area contributed by atoms with E-state index in [0.717, 1.165) is 0 Å². The maximum atomic E-state index is 13.6. The van der Waals surface area contributed by atoms with Gasteiger partial charge in [0.25, 0.3) is 5.91 Å². The van der Waals surface area contributed by atoms with Crippen LogP contribution in [-0.4, -0.2) is 43.2 Å². The van der Waals surface area contributed by atoms with Gasteiger partial charge in [-0.3, -0.25) is 4.79 Å². The van der Waals surface area contributed by atoms with Crippen molar-refractivity contribution in [2.75, 3.05) is 20.2 Å². The summed E-state index contributed by atoms with van der Waals surface area (Å²) < 4.78 is 24.0. The van der Waals surface area contributed by atoms with E-state index in [1.807, 2.05) is 13.8 Å². The minimum absolute atomic E-state index is 0.00389. The summed E-state index contributed by atoms with van der Waals surface area (Å²) in [4.78, 5) is 14.0. The predicted molar refractivity (Wildman–Crippen MR) is 68.9 cm³/mol. The highest BCUT2D eigenvalue weighted by Gasteiger charge is 2.26. The molecule has 0 radical (unpaired) electrons. The second kappa shape index (κ2) is 5.57. The second-order valence-corrected chi connectivity index (χ2v) is 4.82. The monoisotopic (exact) mass is 267 g/mol. The fourth-order valence-corrected chi connectivity index (χ4v) is 2.33. The largest absolute Gasteiger partial charge is 0.494 e. The van der Waals surface area contributed by atoms with Crippen molar-refractivity contribution in [3.8, 4) is 5.75 Å². The van der Waals surface area contributed by atoms with E-state index in [4.69, 9.17) is 9.47 Å². The minimum atomic E-state index is -0.525. The van der Waals surface area contributed by atoms with Gasteiger partial charge in [-0.05, 0) is 32.0 Å². The van der Waals surface area contributed by atoms with Crippen LogP contribution in [0.2, 0.25) is 0 Å². The standard InChI is InChI=1S/C14H18FNO3/c1-9-7-16(8-10(2)19-9)14(17)11-4-5-13(18-3)12(15)6-11/h4-6,9-10H,7-8H2,1-3H3. The summed E-state index contributed by atoms with van der Waals surface area (Å²) >= 11 is 0. The summed E-state index contributed by atoms with van der Waals surface area (Å²) in [6, 6.07) is 4.26. The van der Waals surface area contributed by atoms with E-state index in [2.05, 4.69) is 0 Å². The fourth-order valence-electron chi connectivity index (χ4n) is 2.33. The first kappa shape index (κ1) is 13.8. The number of nitrogens with zero attached hydrogens (tertiary/aromatic N) is 1. The molecule has 104 valence electrons. The van der Waals surface area contributed by atoms with E-state index in [1.165, 1.54) is 19.2 Å². The maximum absolute atomic E-state index is 13.6. The molecule has 0 aromatic heterocycles. The smallest absolute Gasteiger partial charge is 0.254 e. The summed E-state index contributed by atoms with van der Waals surface area (Å²) in [6.07, 6.45) is -0.00779. The number of ether oxygens (including phenoxy) is 2. The average molecular weight is 267 g/mol. The van der Waals surface area contributed by atoms with Crippen LogP contribution in [0.25, 0.3) is 0 Å². The number of hydrogen-bond acceptors (Lipinski definition) is 3. The van der Waals surface area contributed by atoms with E-state index in [-0.39, 0.29) is 23.9 Å². The number of halogens is 1. The van der Waals surface area contributed by atoms with Gasteiger partial charge in [0.2, 0.25) is 0 Å². The Morgan fingerprint density at radius 3 is 2.53 bits per heavy atom. The Morgan fingerprint density at radius 2 is 2.00 bits per heavy atom. The molecule has 2 rings (SSSR count). The third-order valence-electron chi connectivity index (χ3n) is 3.11. The minimum Gasteiger partial charge on any atom is -0.494 e. The van der Waals surface area contributed by atoms with Crippen molar-refractivity contribution >= 4 is 5.91 Å². The van der Waals surface area contributed by atoms with Crippen LogP contribution in [0.3, 0.4) is 0 Å². The number of benzene rings is 1. The van der Waals surface area contributed by atoms with Gasteiger partial charge in [0.1, 0.15) is 0 Å². The van der Waals surface area contributed by atoms with Crippen molar-refractivity contribution in [1.29, 1.82) is 0 Å². The van der Waals surface area contributed by atoms with Crippen LogP contribution < -0.4 is 4.74 Å². The van der Waals surface area contributed by atoms with Crippen molar-refractivity contribution in [3.05, 3.63) is 29.6 Å². The SMILES string of the molecule is COc1ccc(C(=O)N2CC(C)OC(C)C2)cc1F. The van der Waals surface area contributed by atoms with Crippen LogP contribution in [-0.2, 0) is 4.74 Å². The molecule has 1 aliphatic heterocycles. The lowest BCUT2D eigenvalue weighted by Gasteiger charge is -2.35. The van der Waals surface area contributed by atoms with Crippen LogP contribution >= 0.6 is 0 Å². The van der Waals surface area contributed by atoms with Crippen LogP contribution in [0.15, 0.2) is 18.2 Å². The molecule has 5 heteroatoms. The number of hydrogen-bond donors (Lipinski definition) is 0. The molecule has 1 heterocycles. The van der Waals surface area contributed by atoms with Gasteiger partial charge < -0.3 is 14.4 Å². The number of amides is 1. The van der Waals surface area contributed by atoms with Gasteiger partial charge in [-0.2, -0.15) is 0 Å². The second-order valence-electron chi connectivity index (χ2n) is 4.82. The molecule has 0 saturated carbocycles. The molecule has 1 aliphatic rings. The lowest BCUT2D eigenvalue weighted by atomic mass is 10.1. The highest BCUT2D eigenvalue weighted by Crippen LogP contribution is 2.20. The first-order chi connectivity index (χ1) is 9.01. The Kier molecular flexibility index (Phi) is 4.04. The molecule has 1 saturated heterocycles. The summed E-state index contributed by atoms with van der Waals surface area (Å²) in [5.41, 5.74) is 0.333. The van der Waals surface area contributed by atoms with Crippen molar-refractivity contribution in [2.24, 2.45) is 0 Å². The molecule has 1 fully saturated rings. The molecule has 2 atom stereocenters. The Hall–Kier alpha value is -1.62. The van der Waals surface area contributed by atoms with Crippen LogP contribution in [0.5, 0.6) is 5.75 Å². The van der Waals surface area contributed by atoms with Crippen molar-refractivity contribution in [1.82, 2.24) is 4.90 Å². The van der Waals surface area contributed by atoms with E-state index < -0.39 is 5.82 Å². The van der Waals surface area contributed by atoms with Crippen LogP contribution in [0.4, 0.5) is 4.39 Å². The zero-order valence-electron chi connectivity index (χ0n) is 11.4. The van der Waals surface area contributed by atoms with Gasteiger partial charge in [-0.25, -0.2) is 4.39 Å². The van der Waals surface area contributed by atoms with Crippen molar-refractivity contribution in [3.63, 3.8) is 0 Å². The van der Waals surface area contributed by atoms with Crippen molar-refractivity contribution < 1.29 is 18.7 Å². The Balaban J connectivity index is 2.17. The van der Waals surface area contributed by atoms with E-state index >= 15 is 0 Å². The normalized spacial score (nSPS) is 23.3. The molecule has 19 heavy (non-hydrogen) atoms. The molecule has 0 bridgehead atoms. The third kappa shape index (κ3) is 3.04. The summed E-state index contributed by atoms with van der Waals surface area (Å²) in [5.74, 6) is -0.563. The van der Waals surface area contributed by atoms with E-state index in [1.54, 1.807) is 11.0 Å². The topological polar surface area (TPSA) is 38.8 Å². The fraction of sp³-hybridized carbons (Fsp3) is 0.500. The molecule has 2 unspecified atom stereocenters. The Labute approximate surface area is 112 Å². The highest BCUT2D eigenvalue weighted by atomic mass is 19.1. The first-order valence-electron chi connectivity index (χ1n) is 6.29. The van der Waals surface area contributed by atoms with Gasteiger partial charge in [-0.1, -0.05) is 0 Å². The van der Waals surface area contributed by atoms with Crippen molar-refractivity contribution in [2.45, 2.75) is 26.1 Å². The number of methoxy groups -OCH3 is 1. The lowest BCUT2D eigenvalue weighted by molar-refractivity contribution is -0.0586. The van der Waals surface area contributed by atoms with E-state index in [9.17, 15) is 9.18 Å². The van der Waals surface area contributed by atoms with E-state index in [0.29, 0.717) is 18.7 Å². The van der Waals surface area contributed by atoms with Gasteiger partial charge in [-0.15, -0.1) is 0 Å². The zero-order chi connectivity index (χ0) is 14.0. The first-order valence-corrected chi connectivity index (χ1v) is 6.29. The highest BCUT2D eigenvalue weighted by molar-refractivity contribution is 5.94. The molecular weight excluding hydrogens is 249 g/mol. The molecule has 1 amide bonds. The number of morpholine rings is 1. The molecule has 4 nitrogen and oxygen atoms in total. The zero-order valence-corrected chi connectivity index (χ0v) is 11.4. The molecule has 1 aromatic carbocycles. The number of carbonyl (C=O) groups is 1. The van der Waals surface area contributed by atoms with Gasteiger partial charge in [0.05, 0.1) is 19.3 Å². The third-order valence-corrected chi connectivity index (χ3v) is 3.11. The van der Waals surface area contributed by atoms with Crippen LogP contribution in [0.1, 0.15) is 24.2 Å². The molecule has 0 aliphatic carbocycles. The Bertz CT molecular complexity index is 468. The number of carbonyl (C=O) groups excluding carboxylic acids is 1. The van der Waals surface area contributed by atoms with Gasteiger partial charge >= 0.3 is 0 Å². The van der Waals surface area contributed by atoms with Gasteiger partial charge in [0.15, 0.2) is 11.6 Å². The maximum Gasteiger partial charge on any atom is 0.254 e. The van der Waals surface area contributed by atoms with Gasteiger partial charge in [0, 0.05) is 18.7 Å². The number of rotatable bonds is 2. The van der Waals surface area contributed by atoms with Crippen LogP contribution in [0, 0.1) is 5.82 Å². The molecule has 0 N–H and O–H groups in total. The summed E-state index contributed by atoms with van der Waals surface area (Å²) in [7, 11) is 1.39. The average Bonchev–Trinajstić information content (AvgIpc) is 2.36. The lowest BCUT2D eigenvalue weighted by Crippen LogP contribution is -2.48. The molecule has 0 spiro atoms.